The highest BCUT2D eigenvalue weighted by atomic mass is 35.5. The second-order valence-corrected chi connectivity index (χ2v) is 8.37. The van der Waals surface area contributed by atoms with Crippen molar-refractivity contribution in [2.75, 3.05) is 24.5 Å². The minimum Gasteiger partial charge on any atom is -0.439 e. The molecular weight excluding hydrogens is 419 g/mol. The van der Waals surface area contributed by atoms with Crippen molar-refractivity contribution in [1.82, 2.24) is 14.9 Å². The molecule has 0 bridgehead atoms. The summed E-state index contributed by atoms with van der Waals surface area (Å²) in [5.74, 6) is 1.36. The summed E-state index contributed by atoms with van der Waals surface area (Å²) in [7, 11) is 0. The van der Waals surface area contributed by atoms with Crippen molar-refractivity contribution in [2.45, 2.75) is 52.5 Å². The van der Waals surface area contributed by atoms with Gasteiger partial charge in [-0.3, -0.25) is 4.79 Å². The summed E-state index contributed by atoms with van der Waals surface area (Å²) in [6, 6.07) is 6.00. The zero-order valence-electron chi connectivity index (χ0n) is 18.4. The Kier molecular flexibility index (Phi) is 8.07. The van der Waals surface area contributed by atoms with E-state index in [0.717, 1.165) is 31.5 Å². The first-order chi connectivity index (χ1) is 14.9. The lowest BCUT2D eigenvalue weighted by atomic mass is 9.96. The number of ether oxygens (including phenoxy) is 1. The van der Waals surface area contributed by atoms with Gasteiger partial charge in [-0.1, -0.05) is 38.3 Å². The molecule has 0 radical (unpaired) electrons. The summed E-state index contributed by atoms with van der Waals surface area (Å²) in [4.78, 5) is 25.7. The number of hydrogen-bond donors (Lipinski definition) is 0. The second kappa shape index (κ2) is 10.8. The second-order valence-electron chi connectivity index (χ2n) is 7.97. The van der Waals surface area contributed by atoms with E-state index in [1.54, 1.807) is 6.07 Å². The number of nitrogens with zero attached hydrogens (tertiary/aromatic N) is 4. The maximum absolute atomic E-state index is 13.4. The Balaban J connectivity index is 1.65. The molecule has 6 nitrogen and oxygen atoms in total. The summed E-state index contributed by atoms with van der Waals surface area (Å²) < 4.78 is 19.1. The molecule has 1 fully saturated rings. The van der Waals surface area contributed by atoms with Crippen LogP contribution in [0, 0.1) is 11.7 Å². The van der Waals surface area contributed by atoms with Crippen LogP contribution in [0.2, 0.25) is 5.02 Å². The number of halogens is 2. The lowest BCUT2D eigenvalue weighted by Gasteiger charge is -2.41. The van der Waals surface area contributed by atoms with E-state index in [2.05, 4.69) is 35.6 Å². The lowest BCUT2D eigenvalue weighted by Crippen LogP contribution is -2.55. The minimum absolute atomic E-state index is 0.00860. The molecule has 1 amide bonds. The fourth-order valence-electron chi connectivity index (χ4n) is 3.90. The highest BCUT2D eigenvalue weighted by Gasteiger charge is 2.31. The molecule has 0 saturated carbocycles. The first-order valence-electron chi connectivity index (χ1n) is 10.9. The molecule has 168 valence electrons. The van der Waals surface area contributed by atoms with Crippen LogP contribution in [0.25, 0.3) is 0 Å². The van der Waals surface area contributed by atoms with Crippen LogP contribution in [0.4, 0.5) is 10.2 Å². The predicted molar refractivity (Wildman–Crippen MR) is 120 cm³/mol. The SMILES string of the molecule is CCCC[C@H](CC)C(=O)N1CCN(c2cc(Oc3ccc(F)c(Cl)c3)ncn2)C[C@H]1C. The molecule has 1 aromatic carbocycles. The molecule has 3 rings (SSSR count). The van der Waals surface area contributed by atoms with Crippen LogP contribution in [0.15, 0.2) is 30.6 Å². The van der Waals surface area contributed by atoms with E-state index in [9.17, 15) is 9.18 Å². The molecular formula is C23H30ClFN4O2. The van der Waals surface area contributed by atoms with Gasteiger partial charge in [-0.15, -0.1) is 0 Å². The van der Waals surface area contributed by atoms with E-state index < -0.39 is 5.82 Å². The molecule has 1 aliphatic heterocycles. The van der Waals surface area contributed by atoms with Crippen LogP contribution in [-0.4, -0.2) is 46.5 Å². The number of anilines is 1. The fourth-order valence-corrected chi connectivity index (χ4v) is 4.07. The highest BCUT2D eigenvalue weighted by molar-refractivity contribution is 6.30. The van der Waals surface area contributed by atoms with E-state index in [-0.39, 0.29) is 22.9 Å². The van der Waals surface area contributed by atoms with Crippen LogP contribution in [-0.2, 0) is 4.79 Å². The predicted octanol–water partition coefficient (Wildman–Crippen LogP) is 5.31. The van der Waals surface area contributed by atoms with Crippen LogP contribution in [0.1, 0.15) is 46.5 Å². The maximum Gasteiger partial charge on any atom is 0.226 e. The van der Waals surface area contributed by atoms with Crippen LogP contribution < -0.4 is 9.64 Å². The summed E-state index contributed by atoms with van der Waals surface area (Å²) in [6.45, 7) is 8.37. The largest absolute Gasteiger partial charge is 0.439 e. The summed E-state index contributed by atoms with van der Waals surface area (Å²) >= 11 is 5.82. The van der Waals surface area contributed by atoms with Gasteiger partial charge >= 0.3 is 0 Å². The Labute approximate surface area is 188 Å². The van der Waals surface area contributed by atoms with Crippen LogP contribution >= 0.6 is 11.6 Å². The Bertz CT molecular complexity index is 898. The molecule has 2 aromatic rings. The Morgan fingerprint density at radius 3 is 2.77 bits per heavy atom. The Morgan fingerprint density at radius 1 is 1.29 bits per heavy atom. The van der Waals surface area contributed by atoms with Gasteiger partial charge in [0.05, 0.1) is 5.02 Å². The van der Waals surface area contributed by atoms with E-state index in [0.29, 0.717) is 31.3 Å². The van der Waals surface area contributed by atoms with Gasteiger partial charge in [0.15, 0.2) is 0 Å². The molecule has 1 aromatic heterocycles. The van der Waals surface area contributed by atoms with Gasteiger partial charge in [0.25, 0.3) is 0 Å². The average Bonchev–Trinajstić information content (AvgIpc) is 2.77. The Hall–Kier alpha value is -2.41. The summed E-state index contributed by atoms with van der Waals surface area (Å²) in [5, 5.41) is -0.00860. The molecule has 0 aliphatic carbocycles. The van der Waals surface area contributed by atoms with Crippen LogP contribution in [0.3, 0.4) is 0 Å². The number of carbonyl (C=O) groups is 1. The van der Waals surface area contributed by atoms with Gasteiger partial charge in [0.2, 0.25) is 11.8 Å². The van der Waals surface area contributed by atoms with E-state index >= 15 is 0 Å². The summed E-state index contributed by atoms with van der Waals surface area (Å²) in [6.07, 6.45) is 5.47. The van der Waals surface area contributed by atoms with Crippen LogP contribution in [0.5, 0.6) is 11.6 Å². The number of amides is 1. The third-order valence-electron chi connectivity index (χ3n) is 5.72. The van der Waals surface area contributed by atoms with Crippen molar-refractivity contribution in [1.29, 1.82) is 0 Å². The van der Waals surface area contributed by atoms with Gasteiger partial charge in [-0.25, -0.2) is 14.4 Å². The van der Waals surface area contributed by atoms with Gasteiger partial charge in [-0.05, 0) is 31.9 Å². The zero-order chi connectivity index (χ0) is 22.4. The smallest absolute Gasteiger partial charge is 0.226 e. The first kappa shape index (κ1) is 23.3. The number of benzene rings is 1. The number of piperazine rings is 1. The quantitative estimate of drug-likeness (QED) is 0.547. The molecule has 0 spiro atoms. The lowest BCUT2D eigenvalue weighted by molar-refractivity contribution is -0.138. The standard InChI is InChI=1S/C23H30ClFN4O2/c1-4-6-7-17(5-2)23(30)29-11-10-28(14-16(29)3)21-13-22(27-15-26-21)31-18-8-9-20(25)19(24)12-18/h8-9,12-13,15-17H,4-7,10-11,14H2,1-3H3/t16-,17+/m1/s1. The zero-order valence-corrected chi connectivity index (χ0v) is 19.1. The van der Waals surface area contributed by atoms with E-state index in [4.69, 9.17) is 16.3 Å². The fraction of sp³-hybridized carbons (Fsp3) is 0.522. The monoisotopic (exact) mass is 448 g/mol. The van der Waals surface area contributed by atoms with Crippen molar-refractivity contribution in [3.63, 3.8) is 0 Å². The molecule has 2 heterocycles. The minimum atomic E-state index is -0.501. The molecule has 1 aliphatic rings. The van der Waals surface area contributed by atoms with Gasteiger partial charge < -0.3 is 14.5 Å². The van der Waals surface area contributed by atoms with Crippen molar-refractivity contribution in [2.24, 2.45) is 5.92 Å². The Morgan fingerprint density at radius 2 is 2.10 bits per heavy atom. The molecule has 2 atom stereocenters. The van der Waals surface area contributed by atoms with Crippen molar-refractivity contribution < 1.29 is 13.9 Å². The maximum atomic E-state index is 13.4. The van der Waals surface area contributed by atoms with Gasteiger partial charge in [0.1, 0.15) is 23.7 Å². The average molecular weight is 449 g/mol. The van der Waals surface area contributed by atoms with Crippen molar-refractivity contribution in [3.05, 3.63) is 41.4 Å². The number of unbranched alkanes of at least 4 members (excludes halogenated alkanes) is 1. The number of aromatic nitrogens is 2. The van der Waals surface area contributed by atoms with E-state index in [1.807, 2.05) is 4.90 Å². The number of rotatable bonds is 8. The van der Waals surface area contributed by atoms with Crippen molar-refractivity contribution in [3.8, 4) is 11.6 Å². The third kappa shape index (κ3) is 5.85. The topological polar surface area (TPSA) is 58.6 Å². The van der Waals surface area contributed by atoms with Gasteiger partial charge in [-0.2, -0.15) is 0 Å². The van der Waals surface area contributed by atoms with Crippen molar-refractivity contribution >= 4 is 23.3 Å². The molecule has 8 heteroatoms. The molecule has 1 saturated heterocycles. The highest BCUT2D eigenvalue weighted by Crippen LogP contribution is 2.27. The molecule has 0 N–H and O–H groups in total. The first-order valence-corrected chi connectivity index (χ1v) is 11.3. The normalized spacial score (nSPS) is 17.5. The number of carbonyl (C=O) groups excluding carboxylic acids is 1. The van der Waals surface area contributed by atoms with Gasteiger partial charge in [0, 0.05) is 43.7 Å². The molecule has 31 heavy (non-hydrogen) atoms. The van der Waals surface area contributed by atoms with E-state index in [1.165, 1.54) is 24.5 Å². The third-order valence-corrected chi connectivity index (χ3v) is 6.01. The summed E-state index contributed by atoms with van der Waals surface area (Å²) in [5.41, 5.74) is 0. The molecule has 0 unspecified atom stereocenters. The number of hydrogen-bond acceptors (Lipinski definition) is 5.